The van der Waals surface area contributed by atoms with Crippen molar-refractivity contribution in [2.24, 2.45) is 5.92 Å². The summed E-state index contributed by atoms with van der Waals surface area (Å²) >= 11 is 0. The van der Waals surface area contributed by atoms with Crippen molar-refractivity contribution in [2.45, 2.75) is 37.8 Å². The van der Waals surface area contributed by atoms with Gasteiger partial charge in [0.1, 0.15) is 0 Å². The summed E-state index contributed by atoms with van der Waals surface area (Å²) in [7, 11) is 0. The Morgan fingerprint density at radius 1 is 1.08 bits per heavy atom. The molecule has 1 amide bonds. The zero-order valence-electron chi connectivity index (χ0n) is 13.5. The molecule has 124 valence electrons. The first-order valence-electron chi connectivity index (χ1n) is 8.64. The second-order valence-corrected chi connectivity index (χ2v) is 6.72. The standard InChI is InChI=1S/C20H21NO3/c22-18(15-7-3-5-13-4-1-2-6-14(13)15)8-9-20(23)21-17-12-19-16(17)10-11-24-19/h1-7,16-17,19H,8-12H2,(H,21,23)/t16-,17+,19+/m0/s1. The van der Waals surface area contributed by atoms with Crippen LogP contribution < -0.4 is 5.32 Å². The summed E-state index contributed by atoms with van der Waals surface area (Å²) in [6.45, 7) is 0.807. The molecule has 1 heterocycles. The van der Waals surface area contributed by atoms with Crippen LogP contribution in [0.15, 0.2) is 42.5 Å². The monoisotopic (exact) mass is 323 g/mol. The Labute approximate surface area is 141 Å². The maximum absolute atomic E-state index is 12.5. The minimum atomic E-state index is -0.0288. The molecule has 24 heavy (non-hydrogen) atoms. The van der Waals surface area contributed by atoms with Gasteiger partial charge in [0.15, 0.2) is 5.78 Å². The van der Waals surface area contributed by atoms with E-state index in [-0.39, 0.29) is 30.6 Å². The van der Waals surface area contributed by atoms with Gasteiger partial charge in [0.05, 0.1) is 6.10 Å². The molecule has 0 spiro atoms. The molecule has 1 saturated carbocycles. The number of Topliss-reactive ketones (excluding diaryl/α,β-unsaturated/α-hetero) is 1. The number of ketones is 1. The van der Waals surface area contributed by atoms with Crippen LogP contribution in [0.3, 0.4) is 0 Å². The molecule has 4 heteroatoms. The molecule has 1 N–H and O–H groups in total. The van der Waals surface area contributed by atoms with Gasteiger partial charge in [-0.05, 0) is 23.6 Å². The summed E-state index contributed by atoms with van der Waals surface area (Å²) in [5.41, 5.74) is 0.703. The van der Waals surface area contributed by atoms with Crippen LogP contribution >= 0.6 is 0 Å². The minimum absolute atomic E-state index is 0.0256. The van der Waals surface area contributed by atoms with Gasteiger partial charge in [-0.15, -0.1) is 0 Å². The Morgan fingerprint density at radius 2 is 1.92 bits per heavy atom. The number of carbonyl (C=O) groups is 2. The Balaban J connectivity index is 1.35. The molecular formula is C20H21NO3. The first-order valence-corrected chi connectivity index (χ1v) is 8.64. The van der Waals surface area contributed by atoms with E-state index in [0.29, 0.717) is 17.6 Å². The zero-order chi connectivity index (χ0) is 16.5. The van der Waals surface area contributed by atoms with Crippen molar-refractivity contribution in [1.29, 1.82) is 0 Å². The second kappa shape index (κ2) is 6.36. The van der Waals surface area contributed by atoms with Gasteiger partial charge in [-0.2, -0.15) is 0 Å². The van der Waals surface area contributed by atoms with Crippen molar-refractivity contribution < 1.29 is 14.3 Å². The highest BCUT2D eigenvalue weighted by atomic mass is 16.5. The fourth-order valence-electron chi connectivity index (χ4n) is 3.87. The van der Waals surface area contributed by atoms with E-state index in [1.54, 1.807) is 0 Å². The van der Waals surface area contributed by atoms with Crippen molar-refractivity contribution >= 4 is 22.5 Å². The van der Waals surface area contributed by atoms with Crippen molar-refractivity contribution in [1.82, 2.24) is 5.32 Å². The molecule has 0 aromatic heterocycles. The van der Waals surface area contributed by atoms with Crippen LogP contribution in [0.25, 0.3) is 10.8 Å². The van der Waals surface area contributed by atoms with E-state index in [1.807, 2.05) is 42.5 Å². The number of amides is 1. The van der Waals surface area contributed by atoms with E-state index in [0.717, 1.165) is 30.2 Å². The summed E-state index contributed by atoms with van der Waals surface area (Å²) in [6.07, 6.45) is 2.78. The van der Waals surface area contributed by atoms with Gasteiger partial charge in [-0.1, -0.05) is 42.5 Å². The second-order valence-electron chi connectivity index (χ2n) is 6.72. The maximum atomic E-state index is 12.5. The van der Waals surface area contributed by atoms with E-state index in [1.165, 1.54) is 0 Å². The first-order chi connectivity index (χ1) is 11.7. The number of nitrogens with one attached hydrogen (secondary N) is 1. The lowest BCUT2D eigenvalue weighted by Gasteiger charge is -2.39. The van der Waals surface area contributed by atoms with Crippen LogP contribution in [0.1, 0.15) is 36.0 Å². The molecule has 0 unspecified atom stereocenters. The highest BCUT2D eigenvalue weighted by molar-refractivity contribution is 6.08. The van der Waals surface area contributed by atoms with Crippen LogP contribution in [-0.4, -0.2) is 30.4 Å². The van der Waals surface area contributed by atoms with Crippen LogP contribution in [0.2, 0.25) is 0 Å². The molecule has 0 bridgehead atoms. The fourth-order valence-corrected chi connectivity index (χ4v) is 3.87. The third-order valence-corrected chi connectivity index (χ3v) is 5.28. The molecule has 1 aliphatic carbocycles. The van der Waals surface area contributed by atoms with Gasteiger partial charge in [0.25, 0.3) is 0 Å². The summed E-state index contributed by atoms with van der Waals surface area (Å²) in [4.78, 5) is 24.6. The normalized spacial score (nSPS) is 25.1. The molecule has 2 aliphatic rings. The lowest BCUT2D eigenvalue weighted by molar-refractivity contribution is -0.124. The average molecular weight is 323 g/mol. The summed E-state index contributed by atoms with van der Waals surface area (Å²) in [5, 5.41) is 5.07. The molecule has 4 nitrogen and oxygen atoms in total. The van der Waals surface area contributed by atoms with E-state index in [2.05, 4.69) is 5.32 Å². The number of ether oxygens (including phenoxy) is 1. The van der Waals surface area contributed by atoms with Gasteiger partial charge < -0.3 is 10.1 Å². The Bertz CT molecular complexity index is 780. The zero-order valence-corrected chi connectivity index (χ0v) is 13.5. The fraction of sp³-hybridized carbons (Fsp3) is 0.400. The topological polar surface area (TPSA) is 55.4 Å². The molecule has 2 aromatic rings. The van der Waals surface area contributed by atoms with Gasteiger partial charge in [0, 0.05) is 37.0 Å². The summed E-state index contributed by atoms with van der Waals surface area (Å²) in [6, 6.07) is 13.8. The van der Waals surface area contributed by atoms with Crippen molar-refractivity contribution in [3.05, 3.63) is 48.0 Å². The number of fused-ring (bicyclic) bond motifs is 2. The Kier molecular flexibility index (Phi) is 4.07. The van der Waals surface area contributed by atoms with Crippen LogP contribution in [0, 0.1) is 5.92 Å². The lowest BCUT2D eigenvalue weighted by Crippen LogP contribution is -2.53. The molecule has 0 radical (unpaired) electrons. The third kappa shape index (κ3) is 2.82. The van der Waals surface area contributed by atoms with Crippen LogP contribution in [0.4, 0.5) is 0 Å². The first kappa shape index (κ1) is 15.3. The van der Waals surface area contributed by atoms with Crippen molar-refractivity contribution in [3.8, 4) is 0 Å². The Hall–Kier alpha value is -2.20. The molecule has 4 rings (SSSR count). The largest absolute Gasteiger partial charge is 0.378 e. The van der Waals surface area contributed by atoms with E-state index in [9.17, 15) is 9.59 Å². The number of hydrogen-bond donors (Lipinski definition) is 1. The maximum Gasteiger partial charge on any atom is 0.220 e. The highest BCUT2D eigenvalue weighted by Gasteiger charge is 2.45. The van der Waals surface area contributed by atoms with Gasteiger partial charge in [0.2, 0.25) is 5.91 Å². The SMILES string of the molecule is O=C(CCC(=O)c1cccc2ccccc12)N[C@@H]1C[C@H]2OCC[C@@H]12. The van der Waals surface area contributed by atoms with Crippen LogP contribution in [0.5, 0.6) is 0 Å². The third-order valence-electron chi connectivity index (χ3n) is 5.28. The Morgan fingerprint density at radius 3 is 2.79 bits per heavy atom. The summed E-state index contributed by atoms with van der Waals surface area (Å²) in [5.74, 6) is 0.472. The van der Waals surface area contributed by atoms with Gasteiger partial charge in [-0.25, -0.2) is 0 Å². The number of rotatable bonds is 5. The number of benzene rings is 2. The summed E-state index contributed by atoms with van der Waals surface area (Å²) < 4.78 is 5.56. The predicted molar refractivity (Wildman–Crippen MR) is 91.9 cm³/mol. The predicted octanol–water partition coefficient (Wildman–Crippen LogP) is 3.10. The van der Waals surface area contributed by atoms with E-state index in [4.69, 9.17) is 4.74 Å². The minimum Gasteiger partial charge on any atom is -0.378 e. The van der Waals surface area contributed by atoms with Gasteiger partial charge >= 0.3 is 0 Å². The molecular weight excluding hydrogens is 302 g/mol. The molecule has 1 aliphatic heterocycles. The number of hydrogen-bond acceptors (Lipinski definition) is 3. The van der Waals surface area contributed by atoms with Crippen LogP contribution in [-0.2, 0) is 9.53 Å². The number of carbonyl (C=O) groups excluding carboxylic acids is 2. The molecule has 2 fully saturated rings. The average Bonchev–Trinajstić information content (AvgIpc) is 2.98. The van der Waals surface area contributed by atoms with E-state index >= 15 is 0 Å². The smallest absolute Gasteiger partial charge is 0.220 e. The van der Waals surface area contributed by atoms with E-state index < -0.39 is 0 Å². The van der Waals surface area contributed by atoms with Gasteiger partial charge in [-0.3, -0.25) is 9.59 Å². The lowest BCUT2D eigenvalue weighted by atomic mass is 9.76. The quantitative estimate of drug-likeness (QED) is 0.860. The highest BCUT2D eigenvalue weighted by Crippen LogP contribution is 2.38. The molecule has 3 atom stereocenters. The molecule has 2 aromatic carbocycles. The molecule has 1 saturated heterocycles. The van der Waals surface area contributed by atoms with Crippen molar-refractivity contribution in [3.63, 3.8) is 0 Å². The van der Waals surface area contributed by atoms with Crippen molar-refractivity contribution in [2.75, 3.05) is 6.61 Å².